The van der Waals surface area contributed by atoms with E-state index in [1.807, 2.05) is 0 Å². The summed E-state index contributed by atoms with van der Waals surface area (Å²) in [5.74, 6) is -0.661. The molecule has 0 amide bonds. The predicted molar refractivity (Wildman–Crippen MR) is 54.2 cm³/mol. The Kier molecular flexibility index (Phi) is 3.88. The molecular formula is C11H12O4. The third-order valence-electron chi connectivity index (χ3n) is 1.78. The maximum atomic E-state index is 11.2. The summed E-state index contributed by atoms with van der Waals surface area (Å²) in [6, 6.07) is 5.68. The second-order valence-electron chi connectivity index (χ2n) is 2.91. The van der Waals surface area contributed by atoms with Crippen molar-refractivity contribution in [2.45, 2.75) is 6.10 Å². The van der Waals surface area contributed by atoms with Gasteiger partial charge in [-0.25, -0.2) is 4.79 Å². The minimum absolute atomic E-state index is 0.0635. The average molecular weight is 208 g/mol. The van der Waals surface area contributed by atoms with Gasteiger partial charge in [0, 0.05) is 0 Å². The Morgan fingerprint density at radius 2 is 2.07 bits per heavy atom. The standard InChI is InChI=1S/C11H12O4/c1-2-7-15-11(14)10(13)8-3-5-9(12)6-4-8/h2-6,10,12-13H,1,7H2. The first-order chi connectivity index (χ1) is 7.15. The van der Waals surface area contributed by atoms with Crippen molar-refractivity contribution >= 4 is 5.97 Å². The minimum Gasteiger partial charge on any atom is -0.508 e. The van der Waals surface area contributed by atoms with E-state index >= 15 is 0 Å². The van der Waals surface area contributed by atoms with Crippen LogP contribution in [-0.4, -0.2) is 22.8 Å². The molecule has 0 aliphatic carbocycles. The molecule has 0 saturated carbocycles. The summed E-state index contributed by atoms with van der Waals surface area (Å²) in [5.41, 5.74) is 0.377. The SMILES string of the molecule is C=CCOC(=O)C(O)c1ccc(O)cc1. The Morgan fingerprint density at radius 1 is 1.47 bits per heavy atom. The quantitative estimate of drug-likeness (QED) is 0.575. The molecule has 1 unspecified atom stereocenters. The van der Waals surface area contributed by atoms with Crippen molar-refractivity contribution in [1.82, 2.24) is 0 Å². The number of esters is 1. The molecule has 80 valence electrons. The van der Waals surface area contributed by atoms with Gasteiger partial charge in [0.25, 0.3) is 0 Å². The van der Waals surface area contributed by atoms with Crippen molar-refractivity contribution in [2.24, 2.45) is 0 Å². The molecule has 15 heavy (non-hydrogen) atoms. The normalized spacial score (nSPS) is 11.8. The molecule has 0 heterocycles. The number of aliphatic hydroxyl groups excluding tert-OH is 1. The van der Waals surface area contributed by atoms with Gasteiger partial charge in [-0.2, -0.15) is 0 Å². The number of hydrogen-bond donors (Lipinski definition) is 2. The van der Waals surface area contributed by atoms with Crippen LogP contribution in [0.4, 0.5) is 0 Å². The number of carbonyl (C=O) groups excluding carboxylic acids is 1. The Labute approximate surface area is 87.4 Å². The largest absolute Gasteiger partial charge is 0.508 e. The number of phenols is 1. The third-order valence-corrected chi connectivity index (χ3v) is 1.78. The van der Waals surface area contributed by atoms with Crippen molar-refractivity contribution in [3.05, 3.63) is 42.5 Å². The first kappa shape index (κ1) is 11.3. The van der Waals surface area contributed by atoms with Gasteiger partial charge in [0.2, 0.25) is 0 Å². The first-order valence-corrected chi connectivity index (χ1v) is 4.39. The van der Waals surface area contributed by atoms with Crippen LogP contribution in [0.15, 0.2) is 36.9 Å². The topological polar surface area (TPSA) is 66.8 Å². The van der Waals surface area contributed by atoms with Crippen LogP contribution in [0.25, 0.3) is 0 Å². The van der Waals surface area contributed by atoms with Crippen molar-refractivity contribution in [1.29, 1.82) is 0 Å². The van der Waals surface area contributed by atoms with Gasteiger partial charge in [-0.05, 0) is 17.7 Å². The number of rotatable bonds is 4. The fourth-order valence-electron chi connectivity index (χ4n) is 1.01. The molecular weight excluding hydrogens is 196 g/mol. The molecule has 0 radical (unpaired) electrons. The molecule has 0 saturated heterocycles. The molecule has 0 aromatic heterocycles. The highest BCUT2D eigenvalue weighted by Crippen LogP contribution is 2.17. The van der Waals surface area contributed by atoms with E-state index in [1.54, 1.807) is 0 Å². The predicted octanol–water partition coefficient (Wildman–Crippen LogP) is 1.15. The molecule has 4 nitrogen and oxygen atoms in total. The lowest BCUT2D eigenvalue weighted by molar-refractivity contribution is -0.152. The van der Waals surface area contributed by atoms with Crippen LogP contribution >= 0.6 is 0 Å². The Balaban J connectivity index is 2.67. The van der Waals surface area contributed by atoms with Crippen LogP contribution in [-0.2, 0) is 9.53 Å². The van der Waals surface area contributed by atoms with Crippen LogP contribution < -0.4 is 0 Å². The molecule has 0 spiro atoms. The maximum absolute atomic E-state index is 11.2. The Morgan fingerprint density at radius 3 is 2.60 bits per heavy atom. The van der Waals surface area contributed by atoms with Gasteiger partial charge >= 0.3 is 5.97 Å². The highest BCUT2D eigenvalue weighted by molar-refractivity contribution is 5.76. The van der Waals surface area contributed by atoms with E-state index in [4.69, 9.17) is 5.11 Å². The number of aliphatic hydroxyl groups is 1. The van der Waals surface area contributed by atoms with Gasteiger partial charge in [0.05, 0.1) is 0 Å². The molecule has 0 aliphatic rings. The van der Waals surface area contributed by atoms with Gasteiger partial charge in [-0.15, -0.1) is 0 Å². The molecule has 2 N–H and O–H groups in total. The summed E-state index contributed by atoms with van der Waals surface area (Å²) in [7, 11) is 0. The van der Waals surface area contributed by atoms with E-state index in [-0.39, 0.29) is 12.4 Å². The molecule has 0 fully saturated rings. The zero-order chi connectivity index (χ0) is 11.3. The van der Waals surface area contributed by atoms with Gasteiger partial charge in [0.1, 0.15) is 12.4 Å². The second kappa shape index (κ2) is 5.17. The lowest BCUT2D eigenvalue weighted by atomic mass is 10.1. The van der Waals surface area contributed by atoms with Crippen LogP contribution in [0.3, 0.4) is 0 Å². The number of aromatic hydroxyl groups is 1. The molecule has 1 rings (SSSR count). The minimum atomic E-state index is -1.33. The van der Waals surface area contributed by atoms with Crippen molar-refractivity contribution in [3.8, 4) is 5.75 Å². The number of phenolic OH excluding ortho intramolecular Hbond substituents is 1. The molecule has 1 aromatic carbocycles. The second-order valence-corrected chi connectivity index (χ2v) is 2.91. The monoisotopic (exact) mass is 208 g/mol. The number of ether oxygens (including phenoxy) is 1. The van der Waals surface area contributed by atoms with Gasteiger partial charge in [0.15, 0.2) is 6.10 Å². The van der Waals surface area contributed by atoms with Crippen LogP contribution in [0.5, 0.6) is 5.75 Å². The summed E-state index contributed by atoms with van der Waals surface area (Å²) in [4.78, 5) is 11.2. The van der Waals surface area contributed by atoms with E-state index in [0.29, 0.717) is 5.56 Å². The summed E-state index contributed by atoms with van der Waals surface area (Å²) in [6.45, 7) is 3.45. The van der Waals surface area contributed by atoms with Crippen LogP contribution in [0, 0.1) is 0 Å². The molecule has 0 aliphatic heterocycles. The summed E-state index contributed by atoms with van der Waals surface area (Å²) >= 11 is 0. The van der Waals surface area contributed by atoms with E-state index in [9.17, 15) is 9.90 Å². The van der Waals surface area contributed by atoms with Gasteiger partial charge in [-0.1, -0.05) is 24.8 Å². The van der Waals surface area contributed by atoms with E-state index in [2.05, 4.69) is 11.3 Å². The fraction of sp³-hybridized carbons (Fsp3) is 0.182. The van der Waals surface area contributed by atoms with E-state index in [1.165, 1.54) is 30.3 Å². The van der Waals surface area contributed by atoms with E-state index < -0.39 is 12.1 Å². The molecule has 1 atom stereocenters. The van der Waals surface area contributed by atoms with Crippen LogP contribution in [0.1, 0.15) is 11.7 Å². The van der Waals surface area contributed by atoms with Gasteiger partial charge < -0.3 is 14.9 Å². The maximum Gasteiger partial charge on any atom is 0.339 e. The number of benzene rings is 1. The smallest absolute Gasteiger partial charge is 0.339 e. The fourth-order valence-corrected chi connectivity index (χ4v) is 1.01. The Bertz CT molecular complexity index is 342. The third kappa shape index (κ3) is 3.11. The molecule has 0 bridgehead atoms. The van der Waals surface area contributed by atoms with Crippen molar-refractivity contribution < 1.29 is 19.7 Å². The number of carbonyl (C=O) groups is 1. The Hall–Kier alpha value is -1.81. The summed E-state index contributed by atoms with van der Waals surface area (Å²) in [5, 5.41) is 18.5. The first-order valence-electron chi connectivity index (χ1n) is 4.39. The highest BCUT2D eigenvalue weighted by Gasteiger charge is 2.18. The van der Waals surface area contributed by atoms with Crippen molar-refractivity contribution in [2.75, 3.05) is 6.61 Å². The highest BCUT2D eigenvalue weighted by atomic mass is 16.5. The summed E-state index contributed by atoms with van der Waals surface area (Å²) < 4.78 is 4.67. The average Bonchev–Trinajstić information content (AvgIpc) is 2.26. The lowest BCUT2D eigenvalue weighted by Gasteiger charge is -2.09. The number of hydrogen-bond acceptors (Lipinski definition) is 4. The van der Waals surface area contributed by atoms with E-state index in [0.717, 1.165) is 0 Å². The summed E-state index contributed by atoms with van der Waals surface area (Å²) in [6.07, 6.45) is 0.0899. The van der Waals surface area contributed by atoms with Gasteiger partial charge in [-0.3, -0.25) is 0 Å². The molecule has 4 heteroatoms. The lowest BCUT2D eigenvalue weighted by Crippen LogP contribution is -2.15. The zero-order valence-corrected chi connectivity index (χ0v) is 8.09. The molecule has 1 aromatic rings. The van der Waals surface area contributed by atoms with Crippen molar-refractivity contribution in [3.63, 3.8) is 0 Å². The van der Waals surface area contributed by atoms with Crippen LogP contribution in [0.2, 0.25) is 0 Å². The zero-order valence-electron chi connectivity index (χ0n) is 8.09.